The Kier molecular flexibility index (Phi) is 12.6. The lowest BCUT2D eigenvalue weighted by atomic mass is 9.82. The topological polar surface area (TPSA) is 233 Å². The zero-order valence-electron chi connectivity index (χ0n) is 29.9. The van der Waals surface area contributed by atoms with Crippen molar-refractivity contribution in [2.24, 2.45) is 5.92 Å². The Morgan fingerprint density at radius 1 is 0.768 bits per heavy atom. The third-order valence-corrected chi connectivity index (χ3v) is 9.94. The molecule has 0 unspecified atom stereocenters. The molecule has 2 fully saturated rings. The van der Waals surface area contributed by atoms with Crippen molar-refractivity contribution in [3.05, 3.63) is 48.0 Å². The molecule has 6 rings (SSSR count). The molecule has 4 aromatic heterocycles. The highest BCUT2D eigenvalue weighted by atomic mass is 32.2. The summed E-state index contributed by atoms with van der Waals surface area (Å²) in [6.07, 6.45) is -2.23. The molecule has 0 spiro atoms. The van der Waals surface area contributed by atoms with Gasteiger partial charge in [-0.3, -0.25) is 8.74 Å². The Labute approximate surface area is 316 Å². The Balaban J connectivity index is 0.000000214. The summed E-state index contributed by atoms with van der Waals surface area (Å²) >= 11 is 0. The maximum atomic E-state index is 13.0. The first-order valence-electron chi connectivity index (χ1n) is 16.9. The average Bonchev–Trinajstić information content (AvgIpc) is 3.68. The third-order valence-electron chi connectivity index (χ3n) is 8.43. The number of nitrogens with one attached hydrogen (secondary N) is 4. The summed E-state index contributed by atoms with van der Waals surface area (Å²) in [5.41, 5.74) is -1.91. The first-order valence-corrected chi connectivity index (χ1v) is 20.4. The van der Waals surface area contributed by atoms with Crippen LogP contribution < -0.4 is 21.3 Å². The van der Waals surface area contributed by atoms with Gasteiger partial charge in [0.05, 0.1) is 42.6 Å². The highest BCUT2D eigenvalue weighted by molar-refractivity contribution is 7.86. The van der Waals surface area contributed by atoms with Crippen molar-refractivity contribution < 1.29 is 51.9 Å². The number of nitrogens with zero attached hydrogens (tertiary/aromatic N) is 8. The van der Waals surface area contributed by atoms with Crippen LogP contribution in [0.2, 0.25) is 0 Å². The van der Waals surface area contributed by atoms with Crippen molar-refractivity contribution in [3.63, 3.8) is 0 Å². The fourth-order valence-electron chi connectivity index (χ4n) is 5.94. The summed E-state index contributed by atoms with van der Waals surface area (Å²) in [7, 11) is -7.55. The van der Waals surface area contributed by atoms with Crippen LogP contribution in [0.25, 0.3) is 0 Å². The van der Waals surface area contributed by atoms with Crippen LogP contribution in [-0.2, 0) is 36.8 Å². The molecule has 0 aromatic carbocycles. The molecule has 56 heavy (non-hydrogen) atoms. The van der Waals surface area contributed by atoms with E-state index in [0.29, 0.717) is 49.7 Å². The van der Waals surface area contributed by atoms with E-state index in [1.165, 1.54) is 12.4 Å². The van der Waals surface area contributed by atoms with Crippen molar-refractivity contribution in [2.75, 3.05) is 46.4 Å². The summed E-state index contributed by atoms with van der Waals surface area (Å²) in [6.45, 7) is 3.84. The van der Waals surface area contributed by atoms with E-state index in [2.05, 4.69) is 51.4 Å². The maximum Gasteiger partial charge on any atom is 0.421 e. The molecule has 308 valence electrons. The fourth-order valence-corrected chi connectivity index (χ4v) is 7.46. The SMILES string of the molecule is CCNc1nc(Nc2ccnn2C2CC(CS(=O)(=O)O)C2)ncc1C(F)(F)F.CCNc1nc(Nc2ccnn2C2CC(OS(C)(=O)=O)C2)ncc1C(F)(F)F. The zero-order chi connectivity index (χ0) is 41.1. The monoisotopic (exact) mass is 840 g/mol. The molecular weight excluding hydrogens is 803 g/mol. The lowest BCUT2D eigenvalue weighted by Crippen LogP contribution is -2.35. The van der Waals surface area contributed by atoms with Crippen LogP contribution in [0.5, 0.6) is 0 Å². The molecule has 4 heterocycles. The van der Waals surface area contributed by atoms with E-state index in [1.54, 1.807) is 35.3 Å². The lowest BCUT2D eigenvalue weighted by molar-refractivity contribution is -0.138. The third kappa shape index (κ3) is 11.2. The van der Waals surface area contributed by atoms with Gasteiger partial charge in [-0.15, -0.1) is 0 Å². The van der Waals surface area contributed by atoms with E-state index < -0.39 is 49.8 Å². The van der Waals surface area contributed by atoms with Crippen molar-refractivity contribution in [2.45, 2.75) is 70.1 Å². The highest BCUT2D eigenvalue weighted by Gasteiger charge is 2.38. The van der Waals surface area contributed by atoms with Gasteiger partial charge in [-0.25, -0.2) is 19.3 Å². The molecule has 2 aliphatic carbocycles. The number of hydrogen-bond acceptors (Lipinski definition) is 15. The van der Waals surface area contributed by atoms with Gasteiger partial charge in [-0.05, 0) is 45.4 Å². The van der Waals surface area contributed by atoms with E-state index in [0.717, 1.165) is 6.26 Å². The fraction of sp³-hybridized carbons (Fsp3) is 0.533. The molecule has 5 N–H and O–H groups in total. The number of alkyl halides is 6. The molecule has 0 bridgehead atoms. The van der Waals surface area contributed by atoms with Crippen molar-refractivity contribution in [1.29, 1.82) is 0 Å². The number of hydrogen-bond donors (Lipinski definition) is 5. The van der Waals surface area contributed by atoms with Crippen LogP contribution in [-0.4, -0.2) is 92.1 Å². The predicted molar refractivity (Wildman–Crippen MR) is 190 cm³/mol. The number of rotatable bonds is 14. The second kappa shape index (κ2) is 16.7. The van der Waals surface area contributed by atoms with E-state index >= 15 is 0 Å². The predicted octanol–water partition coefficient (Wildman–Crippen LogP) is 5.25. The molecule has 4 aromatic rings. The summed E-state index contributed by atoms with van der Waals surface area (Å²) in [6, 6.07) is 3.04. The molecule has 0 amide bonds. The smallest absolute Gasteiger partial charge is 0.370 e. The first kappa shape index (κ1) is 42.3. The molecule has 2 saturated carbocycles. The molecule has 0 aliphatic heterocycles. The minimum atomic E-state index is -4.58. The van der Waals surface area contributed by atoms with Gasteiger partial charge in [0.15, 0.2) is 0 Å². The van der Waals surface area contributed by atoms with E-state index in [-0.39, 0.29) is 60.4 Å². The van der Waals surface area contributed by atoms with E-state index in [9.17, 15) is 43.2 Å². The molecule has 0 atom stereocenters. The van der Waals surface area contributed by atoms with Gasteiger partial charge in [-0.1, -0.05) is 0 Å². The summed E-state index contributed by atoms with van der Waals surface area (Å²) in [5.74, 6) is -0.211. The van der Waals surface area contributed by atoms with Crippen LogP contribution in [0.4, 0.5) is 61.5 Å². The van der Waals surface area contributed by atoms with Crippen molar-refractivity contribution >= 4 is 55.4 Å². The van der Waals surface area contributed by atoms with Crippen LogP contribution in [0.15, 0.2) is 36.9 Å². The first-order chi connectivity index (χ1) is 26.1. The Hall–Kier alpha value is -4.82. The number of anilines is 6. The Bertz CT molecular complexity index is 2040. The summed E-state index contributed by atoms with van der Waals surface area (Å²) in [5, 5.41) is 19.2. The van der Waals surface area contributed by atoms with Crippen LogP contribution in [0, 0.1) is 5.92 Å². The molecule has 18 nitrogen and oxygen atoms in total. The second-order valence-electron chi connectivity index (χ2n) is 12.8. The summed E-state index contributed by atoms with van der Waals surface area (Å²) < 4.78 is 140. The quantitative estimate of drug-likeness (QED) is 0.0620. The molecular formula is C30H38F6N12O6S2. The van der Waals surface area contributed by atoms with E-state index in [4.69, 9.17) is 8.74 Å². The molecule has 0 saturated heterocycles. The van der Waals surface area contributed by atoms with Gasteiger partial charge in [-0.2, -0.15) is 63.3 Å². The van der Waals surface area contributed by atoms with Gasteiger partial charge in [0.1, 0.15) is 34.4 Å². The number of aromatic nitrogens is 8. The largest absolute Gasteiger partial charge is 0.421 e. The van der Waals surface area contributed by atoms with Gasteiger partial charge < -0.3 is 21.3 Å². The Morgan fingerprint density at radius 3 is 1.57 bits per heavy atom. The van der Waals surface area contributed by atoms with Gasteiger partial charge in [0, 0.05) is 37.6 Å². The van der Waals surface area contributed by atoms with Crippen molar-refractivity contribution in [1.82, 2.24) is 39.5 Å². The molecule has 26 heteroatoms. The minimum absolute atomic E-state index is 0.0195. The molecule has 0 radical (unpaired) electrons. The lowest BCUT2D eigenvalue weighted by Gasteiger charge is -2.35. The van der Waals surface area contributed by atoms with Crippen LogP contribution in [0.1, 0.15) is 62.7 Å². The average molecular weight is 841 g/mol. The summed E-state index contributed by atoms with van der Waals surface area (Å²) in [4.78, 5) is 15.3. The normalized spacial score (nSPS) is 19.9. The van der Waals surface area contributed by atoms with Crippen LogP contribution in [0.3, 0.4) is 0 Å². The minimum Gasteiger partial charge on any atom is -0.370 e. The van der Waals surface area contributed by atoms with Crippen LogP contribution >= 0.6 is 0 Å². The van der Waals surface area contributed by atoms with Crippen molar-refractivity contribution in [3.8, 4) is 0 Å². The van der Waals surface area contributed by atoms with Gasteiger partial charge in [0.25, 0.3) is 20.2 Å². The maximum absolute atomic E-state index is 13.0. The van der Waals surface area contributed by atoms with E-state index in [1.807, 2.05) is 0 Å². The Morgan fingerprint density at radius 2 is 1.20 bits per heavy atom. The second-order valence-corrected chi connectivity index (χ2v) is 15.9. The zero-order valence-corrected chi connectivity index (χ0v) is 31.5. The highest BCUT2D eigenvalue weighted by Crippen LogP contribution is 2.41. The number of halogens is 6. The standard InChI is InChI=1S/2C15H19F3N6O3S/c1-3-19-13-11(15(16,17)18)8-20-14(23-13)22-12-4-5-21-24(12)9-6-10(7-9)27-28(2,25)26;1-2-19-13-11(15(16,17)18)7-20-14(23-13)22-12-3-4-21-24(12)10-5-9(6-10)8-28(25,26)27/h4-5,8-10H,3,6-7H2,1-2H3,(H2,19,20,22,23);3-4,7,9-10H,2,5-6,8H2,1H3,(H,25,26,27)(H2,19,20,22,23). The molecule has 2 aliphatic rings. The van der Waals surface area contributed by atoms with Gasteiger partial charge in [0.2, 0.25) is 11.9 Å². The van der Waals surface area contributed by atoms with Gasteiger partial charge >= 0.3 is 12.4 Å².